The van der Waals surface area contributed by atoms with Gasteiger partial charge in [-0.15, -0.1) is 0 Å². The SMILES string of the molecule is COC(=O)c1c(F)ccc(F)c1N1CC(=O)CC1=O. The van der Waals surface area contributed by atoms with Crippen molar-refractivity contribution in [3.63, 3.8) is 0 Å². The van der Waals surface area contributed by atoms with E-state index in [4.69, 9.17) is 0 Å². The fourth-order valence-electron chi connectivity index (χ4n) is 1.89. The van der Waals surface area contributed by atoms with Crippen molar-refractivity contribution in [1.29, 1.82) is 0 Å². The number of hydrogen-bond donors (Lipinski definition) is 0. The Labute approximate surface area is 106 Å². The van der Waals surface area contributed by atoms with E-state index >= 15 is 0 Å². The first-order valence-electron chi connectivity index (χ1n) is 5.34. The number of esters is 1. The van der Waals surface area contributed by atoms with Crippen molar-refractivity contribution in [2.24, 2.45) is 0 Å². The maximum Gasteiger partial charge on any atom is 0.343 e. The van der Waals surface area contributed by atoms with Gasteiger partial charge in [-0.3, -0.25) is 9.59 Å². The van der Waals surface area contributed by atoms with Crippen LogP contribution in [-0.4, -0.2) is 31.3 Å². The summed E-state index contributed by atoms with van der Waals surface area (Å²) in [4.78, 5) is 35.0. The van der Waals surface area contributed by atoms with Gasteiger partial charge in [0.1, 0.15) is 17.2 Å². The predicted molar refractivity (Wildman–Crippen MR) is 59.7 cm³/mol. The number of nitrogens with zero attached hydrogens (tertiary/aromatic N) is 1. The van der Waals surface area contributed by atoms with Crippen molar-refractivity contribution in [1.82, 2.24) is 0 Å². The zero-order valence-electron chi connectivity index (χ0n) is 9.91. The van der Waals surface area contributed by atoms with Gasteiger partial charge >= 0.3 is 5.97 Å². The van der Waals surface area contributed by atoms with Crippen molar-refractivity contribution >= 4 is 23.3 Å². The third-order valence-corrected chi connectivity index (χ3v) is 2.72. The lowest BCUT2D eigenvalue weighted by Crippen LogP contribution is -2.28. The zero-order chi connectivity index (χ0) is 14.2. The molecule has 1 aromatic rings. The van der Waals surface area contributed by atoms with Crippen molar-refractivity contribution in [2.45, 2.75) is 6.42 Å². The molecule has 0 N–H and O–H groups in total. The summed E-state index contributed by atoms with van der Waals surface area (Å²) in [5, 5.41) is 0. The molecule has 0 atom stereocenters. The summed E-state index contributed by atoms with van der Waals surface area (Å²) in [6.07, 6.45) is -0.392. The Hall–Kier alpha value is -2.31. The van der Waals surface area contributed by atoms with Gasteiger partial charge in [0, 0.05) is 0 Å². The smallest absolute Gasteiger partial charge is 0.343 e. The maximum absolute atomic E-state index is 13.8. The second-order valence-electron chi connectivity index (χ2n) is 3.94. The molecule has 0 bridgehead atoms. The Bertz CT molecular complexity index is 585. The Balaban J connectivity index is 2.61. The largest absolute Gasteiger partial charge is 0.465 e. The minimum Gasteiger partial charge on any atom is -0.465 e. The highest BCUT2D eigenvalue weighted by molar-refractivity contribution is 6.16. The van der Waals surface area contributed by atoms with E-state index in [1.165, 1.54) is 0 Å². The first kappa shape index (κ1) is 13.1. The van der Waals surface area contributed by atoms with Crippen LogP contribution in [0.3, 0.4) is 0 Å². The standard InChI is InChI=1S/C12H9F2NO4/c1-19-12(18)10-7(13)2-3-8(14)11(10)15-5-6(16)4-9(15)17/h2-3H,4-5H2,1H3. The van der Waals surface area contributed by atoms with E-state index in [1.807, 2.05) is 0 Å². The first-order valence-corrected chi connectivity index (χ1v) is 5.34. The Morgan fingerprint density at radius 2 is 1.89 bits per heavy atom. The fraction of sp³-hybridized carbons (Fsp3) is 0.250. The van der Waals surface area contributed by atoms with E-state index in [9.17, 15) is 23.2 Å². The number of halogens is 2. The number of hydrogen-bond acceptors (Lipinski definition) is 4. The minimum atomic E-state index is -1.11. The van der Waals surface area contributed by atoms with Crippen molar-refractivity contribution in [3.05, 3.63) is 29.3 Å². The fourth-order valence-corrected chi connectivity index (χ4v) is 1.89. The molecule has 1 aliphatic rings. The molecule has 5 nitrogen and oxygen atoms in total. The number of rotatable bonds is 2. The molecule has 1 saturated heterocycles. The van der Waals surface area contributed by atoms with Crippen LogP contribution in [0, 0.1) is 11.6 Å². The van der Waals surface area contributed by atoms with Crippen LogP contribution in [0.4, 0.5) is 14.5 Å². The topological polar surface area (TPSA) is 63.7 Å². The summed E-state index contributed by atoms with van der Waals surface area (Å²) in [7, 11) is 1.01. The Morgan fingerprint density at radius 1 is 1.26 bits per heavy atom. The number of ether oxygens (including phenoxy) is 1. The van der Waals surface area contributed by atoms with Gasteiger partial charge in [0.05, 0.1) is 25.8 Å². The number of carbonyl (C=O) groups is 3. The molecule has 0 radical (unpaired) electrons. The molecule has 0 spiro atoms. The van der Waals surface area contributed by atoms with Crippen LogP contribution >= 0.6 is 0 Å². The second-order valence-corrected chi connectivity index (χ2v) is 3.94. The normalized spacial score (nSPS) is 15.0. The lowest BCUT2D eigenvalue weighted by Gasteiger charge is -2.19. The molecule has 2 rings (SSSR count). The molecule has 7 heteroatoms. The number of anilines is 1. The number of ketones is 1. The van der Waals surface area contributed by atoms with E-state index in [1.54, 1.807) is 0 Å². The van der Waals surface area contributed by atoms with Gasteiger partial charge < -0.3 is 9.64 Å². The molecule has 1 fully saturated rings. The second kappa shape index (κ2) is 4.75. The Kier molecular flexibility index (Phi) is 3.28. The maximum atomic E-state index is 13.8. The van der Waals surface area contributed by atoms with Gasteiger partial charge in [-0.25, -0.2) is 13.6 Å². The summed E-state index contributed by atoms with van der Waals surface area (Å²) in [5.74, 6) is -4.21. The lowest BCUT2D eigenvalue weighted by atomic mass is 10.1. The van der Waals surface area contributed by atoms with Crippen molar-refractivity contribution in [3.8, 4) is 0 Å². The van der Waals surface area contributed by atoms with Gasteiger partial charge in [-0.2, -0.15) is 0 Å². The monoisotopic (exact) mass is 269 g/mol. The highest BCUT2D eigenvalue weighted by Crippen LogP contribution is 2.30. The predicted octanol–water partition coefficient (Wildman–Crippen LogP) is 1.06. The molecule has 100 valence electrons. The van der Waals surface area contributed by atoms with Crippen LogP contribution in [0.25, 0.3) is 0 Å². The van der Waals surface area contributed by atoms with E-state index in [0.717, 1.165) is 24.1 Å². The summed E-state index contributed by atoms with van der Waals surface area (Å²) in [5.41, 5.74) is -1.24. The third kappa shape index (κ3) is 2.18. The molecule has 1 aromatic carbocycles. The van der Waals surface area contributed by atoms with E-state index < -0.39 is 47.0 Å². The van der Waals surface area contributed by atoms with Crippen molar-refractivity contribution < 1.29 is 27.9 Å². The highest BCUT2D eigenvalue weighted by atomic mass is 19.1. The molecule has 0 unspecified atom stereocenters. The van der Waals surface area contributed by atoms with Crippen LogP contribution in [0.2, 0.25) is 0 Å². The van der Waals surface area contributed by atoms with Crippen LogP contribution in [0.15, 0.2) is 12.1 Å². The molecule has 1 heterocycles. The zero-order valence-corrected chi connectivity index (χ0v) is 9.91. The molecular weight excluding hydrogens is 260 g/mol. The van der Waals surface area contributed by atoms with Gasteiger partial charge in [-0.05, 0) is 12.1 Å². The quantitative estimate of drug-likeness (QED) is 0.595. The highest BCUT2D eigenvalue weighted by Gasteiger charge is 2.35. The summed E-state index contributed by atoms with van der Waals surface area (Å²) >= 11 is 0. The number of carbonyl (C=O) groups excluding carboxylic acids is 3. The Morgan fingerprint density at radius 3 is 2.42 bits per heavy atom. The summed E-state index contributed by atoms with van der Waals surface area (Å²) in [6, 6.07) is 1.54. The van der Waals surface area contributed by atoms with Gasteiger partial charge in [0.25, 0.3) is 0 Å². The van der Waals surface area contributed by atoms with Gasteiger partial charge in [-0.1, -0.05) is 0 Å². The average Bonchev–Trinajstić information content (AvgIpc) is 2.69. The van der Waals surface area contributed by atoms with Crippen LogP contribution in [-0.2, 0) is 14.3 Å². The van der Waals surface area contributed by atoms with E-state index in [0.29, 0.717) is 0 Å². The minimum absolute atomic E-state index is 0.386. The summed E-state index contributed by atoms with van der Waals surface area (Å²) < 4.78 is 31.8. The average molecular weight is 269 g/mol. The van der Waals surface area contributed by atoms with Gasteiger partial charge in [0.2, 0.25) is 5.91 Å². The molecule has 0 saturated carbocycles. The van der Waals surface area contributed by atoms with Crippen LogP contribution < -0.4 is 4.90 Å². The van der Waals surface area contributed by atoms with E-state index in [2.05, 4.69) is 4.74 Å². The van der Waals surface area contributed by atoms with Crippen LogP contribution in [0.5, 0.6) is 0 Å². The summed E-state index contributed by atoms with van der Waals surface area (Å²) in [6.45, 7) is -0.386. The molecule has 0 aliphatic carbocycles. The van der Waals surface area contributed by atoms with Crippen LogP contribution in [0.1, 0.15) is 16.8 Å². The molecular formula is C12H9F2NO4. The third-order valence-electron chi connectivity index (χ3n) is 2.72. The number of amides is 1. The molecule has 0 aromatic heterocycles. The molecule has 1 aliphatic heterocycles. The first-order chi connectivity index (χ1) is 8.95. The number of methoxy groups -OCH3 is 1. The van der Waals surface area contributed by atoms with Gasteiger partial charge in [0.15, 0.2) is 5.78 Å². The number of Topliss-reactive ketones (excluding diaryl/α,β-unsaturated/α-hetero) is 1. The van der Waals surface area contributed by atoms with E-state index in [-0.39, 0.29) is 6.54 Å². The molecule has 19 heavy (non-hydrogen) atoms. The molecule has 1 amide bonds. The number of benzene rings is 1. The van der Waals surface area contributed by atoms with Crippen molar-refractivity contribution in [2.75, 3.05) is 18.6 Å². The lowest BCUT2D eigenvalue weighted by molar-refractivity contribution is -0.121.